The van der Waals surface area contributed by atoms with Crippen molar-refractivity contribution < 1.29 is 83.0 Å². The Morgan fingerprint density at radius 3 is 2.64 bits per heavy atom. The number of aliphatic hydroxyl groups is 3. The predicted molar refractivity (Wildman–Crippen MR) is 42.1 cm³/mol. The van der Waals surface area contributed by atoms with Crippen LogP contribution < -0.4 is 58.2 Å². The molecule has 4 atom stereocenters. The van der Waals surface area contributed by atoms with E-state index in [2.05, 4.69) is 5.32 Å². The van der Waals surface area contributed by atoms with Gasteiger partial charge in [-0.3, -0.25) is 0 Å². The molecule has 0 bridgehead atoms. The minimum Gasteiger partial charge on any atom is -0.654 e. The van der Waals surface area contributed by atoms with Crippen molar-refractivity contribution in [2.45, 2.75) is 24.4 Å². The summed E-state index contributed by atoms with van der Waals surface area (Å²) >= 11 is 0. The largest absolute Gasteiger partial charge is 1.00 e. The number of aliphatic hydroxyl groups excluding tert-OH is 3. The number of amides is 1. The van der Waals surface area contributed by atoms with Crippen molar-refractivity contribution in [1.29, 1.82) is 0 Å². The van der Waals surface area contributed by atoms with Crippen molar-refractivity contribution in [2.24, 2.45) is 0 Å². The number of hydrogen-bond acceptors (Lipinski definition) is 5. The molecule has 4 unspecified atom stereocenters. The molecule has 1 aliphatic heterocycles. The van der Waals surface area contributed by atoms with Crippen molar-refractivity contribution in [2.75, 3.05) is 13.2 Å². The molecule has 3 N–H and O–H groups in total. The first-order chi connectivity index (χ1) is 6.16. The maximum Gasteiger partial charge on any atom is 1.00 e. The van der Waals surface area contributed by atoms with Gasteiger partial charge in [-0.15, -0.1) is 0 Å². The molecule has 1 amide bonds. The minimum absolute atomic E-state index is 0. The SMILES string of the molecule is O=C[N-]CC(O)C1OCC(O)C1O.[Rb+]. The van der Waals surface area contributed by atoms with Gasteiger partial charge in [0.25, 0.3) is 0 Å². The summed E-state index contributed by atoms with van der Waals surface area (Å²) in [5, 5.41) is 30.9. The fourth-order valence-corrected chi connectivity index (χ4v) is 1.22. The summed E-state index contributed by atoms with van der Waals surface area (Å²) in [4.78, 5) is 9.84. The van der Waals surface area contributed by atoms with Crippen LogP contribution in [0.2, 0.25) is 0 Å². The zero-order chi connectivity index (χ0) is 9.84. The third-order valence-electron chi connectivity index (χ3n) is 1.94. The quantitative estimate of drug-likeness (QED) is 0.446. The first-order valence-electron chi connectivity index (χ1n) is 3.93. The molecule has 1 fully saturated rings. The van der Waals surface area contributed by atoms with Gasteiger partial charge in [-0.1, -0.05) is 6.54 Å². The van der Waals surface area contributed by atoms with Gasteiger partial charge < -0.3 is 30.2 Å². The van der Waals surface area contributed by atoms with Gasteiger partial charge in [0.15, 0.2) is 0 Å². The first-order valence-corrected chi connectivity index (χ1v) is 3.93. The molecule has 0 spiro atoms. The number of carbonyl (C=O) groups excluding carboxylic acids is 1. The van der Waals surface area contributed by atoms with Crippen LogP contribution in [0.1, 0.15) is 0 Å². The van der Waals surface area contributed by atoms with Gasteiger partial charge in [0.05, 0.1) is 12.7 Å². The van der Waals surface area contributed by atoms with E-state index in [1.54, 1.807) is 0 Å². The molecule has 0 aromatic rings. The number of hydrogen-bond donors (Lipinski definition) is 3. The Kier molecular flexibility index (Phi) is 7.99. The third kappa shape index (κ3) is 3.94. The van der Waals surface area contributed by atoms with Crippen molar-refractivity contribution >= 4 is 6.41 Å². The molecular formula is C7H12NO5Rb. The Bertz CT molecular complexity index is 181. The summed E-state index contributed by atoms with van der Waals surface area (Å²) in [7, 11) is 0. The standard InChI is InChI=1S/C7H13NO5.Rb/c9-3-8-1-4(10)7-6(12)5(11)2-13-7;/h3-7,10-12H,1-2H2,(H,8,9);/q;+1/p-1. The summed E-state index contributed by atoms with van der Waals surface area (Å²) in [5.41, 5.74) is 0. The molecule has 1 heterocycles. The maximum atomic E-state index is 9.84. The second kappa shape index (κ2) is 7.40. The summed E-state index contributed by atoms with van der Waals surface area (Å²) < 4.78 is 4.91. The van der Waals surface area contributed by atoms with Crippen LogP contribution in [0.4, 0.5) is 0 Å². The van der Waals surface area contributed by atoms with Crippen molar-refractivity contribution in [3.05, 3.63) is 5.32 Å². The van der Waals surface area contributed by atoms with Gasteiger partial charge in [0, 0.05) is 6.41 Å². The zero-order valence-corrected chi connectivity index (χ0v) is 12.8. The van der Waals surface area contributed by atoms with E-state index < -0.39 is 24.4 Å². The van der Waals surface area contributed by atoms with Gasteiger partial charge >= 0.3 is 58.2 Å². The molecule has 0 radical (unpaired) electrons. The second-order valence-electron chi connectivity index (χ2n) is 2.89. The number of nitrogens with zero attached hydrogens (tertiary/aromatic N) is 1. The average molecular weight is 276 g/mol. The van der Waals surface area contributed by atoms with Crippen LogP contribution >= 0.6 is 0 Å². The number of rotatable bonds is 4. The van der Waals surface area contributed by atoms with Gasteiger partial charge in [-0.2, -0.15) is 0 Å². The van der Waals surface area contributed by atoms with E-state index in [1.165, 1.54) is 0 Å². The van der Waals surface area contributed by atoms with Gasteiger partial charge in [-0.25, -0.2) is 0 Å². The van der Waals surface area contributed by atoms with Crippen molar-refractivity contribution in [1.82, 2.24) is 0 Å². The van der Waals surface area contributed by atoms with Crippen LogP contribution in [0.5, 0.6) is 0 Å². The van der Waals surface area contributed by atoms with E-state index in [9.17, 15) is 15.0 Å². The van der Waals surface area contributed by atoms with Crippen LogP contribution in [0.15, 0.2) is 0 Å². The molecular weight excluding hydrogens is 264 g/mol. The predicted octanol–water partition coefficient (Wildman–Crippen LogP) is -5.00. The molecule has 0 aromatic carbocycles. The Hall–Kier alpha value is 1.12. The molecule has 0 saturated carbocycles. The molecule has 14 heavy (non-hydrogen) atoms. The zero-order valence-electron chi connectivity index (χ0n) is 7.91. The molecule has 0 aliphatic carbocycles. The van der Waals surface area contributed by atoms with Gasteiger partial charge in [0.1, 0.15) is 18.3 Å². The van der Waals surface area contributed by atoms with Gasteiger partial charge in [-0.05, 0) is 0 Å². The average Bonchev–Trinajstić information content (AvgIpc) is 2.44. The van der Waals surface area contributed by atoms with E-state index >= 15 is 0 Å². The fraction of sp³-hybridized carbons (Fsp3) is 0.857. The summed E-state index contributed by atoms with van der Waals surface area (Å²) in [6.45, 7) is -0.137. The van der Waals surface area contributed by atoms with Crippen LogP contribution in [0.25, 0.3) is 5.32 Å². The fourth-order valence-electron chi connectivity index (χ4n) is 1.22. The molecule has 1 rings (SSSR count). The van der Waals surface area contributed by atoms with E-state index in [4.69, 9.17) is 9.84 Å². The Balaban J connectivity index is 0.00000169. The van der Waals surface area contributed by atoms with Crippen molar-refractivity contribution in [3.63, 3.8) is 0 Å². The van der Waals surface area contributed by atoms with E-state index in [-0.39, 0.29) is 71.3 Å². The summed E-state index contributed by atoms with van der Waals surface area (Å²) in [6.07, 6.45) is -3.69. The molecule has 76 valence electrons. The Morgan fingerprint density at radius 2 is 2.21 bits per heavy atom. The van der Waals surface area contributed by atoms with E-state index in [1.807, 2.05) is 0 Å². The normalized spacial score (nSPS) is 33.2. The van der Waals surface area contributed by atoms with Crippen LogP contribution in [-0.4, -0.2) is 59.3 Å². The second-order valence-corrected chi connectivity index (χ2v) is 2.89. The van der Waals surface area contributed by atoms with Crippen LogP contribution in [-0.2, 0) is 9.53 Å². The molecule has 1 aliphatic rings. The third-order valence-corrected chi connectivity index (χ3v) is 1.94. The number of ether oxygens (including phenoxy) is 1. The van der Waals surface area contributed by atoms with E-state index in [0.717, 1.165) is 0 Å². The molecule has 7 heteroatoms. The Labute approximate surface area is 130 Å². The van der Waals surface area contributed by atoms with Crippen LogP contribution in [0.3, 0.4) is 0 Å². The Morgan fingerprint density at radius 1 is 1.57 bits per heavy atom. The van der Waals surface area contributed by atoms with Crippen LogP contribution in [0, 0.1) is 0 Å². The number of carbonyl (C=O) groups is 1. The first kappa shape index (κ1) is 15.1. The topological polar surface area (TPSA) is 101 Å². The van der Waals surface area contributed by atoms with E-state index in [0.29, 0.717) is 6.41 Å². The smallest absolute Gasteiger partial charge is 0.654 e. The van der Waals surface area contributed by atoms with Crippen molar-refractivity contribution in [3.8, 4) is 0 Å². The van der Waals surface area contributed by atoms with Gasteiger partial charge in [0.2, 0.25) is 0 Å². The maximum absolute atomic E-state index is 9.84. The monoisotopic (exact) mass is 275 g/mol. The molecule has 1 saturated heterocycles. The summed E-state index contributed by atoms with van der Waals surface area (Å²) in [6, 6.07) is 0. The molecule has 0 aromatic heterocycles. The summed E-state index contributed by atoms with van der Waals surface area (Å²) in [5.74, 6) is 0. The minimum atomic E-state index is -1.11. The molecule has 6 nitrogen and oxygen atoms in total.